The Balaban J connectivity index is 1.93. The van der Waals surface area contributed by atoms with Crippen molar-refractivity contribution in [2.24, 2.45) is 10.1 Å². The van der Waals surface area contributed by atoms with E-state index in [0.29, 0.717) is 34.7 Å². The van der Waals surface area contributed by atoms with Crippen molar-refractivity contribution in [2.75, 3.05) is 19.5 Å². The van der Waals surface area contributed by atoms with Crippen molar-refractivity contribution in [1.82, 2.24) is 10.3 Å². The van der Waals surface area contributed by atoms with Gasteiger partial charge in [0.2, 0.25) is 0 Å². The number of ether oxygens (including phenoxy) is 2. The van der Waals surface area contributed by atoms with Crippen LogP contribution in [0.4, 0.5) is 0 Å². The first-order valence-electron chi connectivity index (χ1n) is 9.57. The molecule has 1 amide bonds. The zero-order valence-corrected chi connectivity index (χ0v) is 17.6. The quantitative estimate of drug-likeness (QED) is 0.722. The van der Waals surface area contributed by atoms with Crippen molar-refractivity contribution in [3.63, 3.8) is 0 Å². The van der Waals surface area contributed by atoms with Gasteiger partial charge in [-0.25, -0.2) is 5.01 Å². The molecule has 30 heavy (non-hydrogen) atoms. The first-order chi connectivity index (χ1) is 14.7. The molecule has 0 spiro atoms. The summed E-state index contributed by atoms with van der Waals surface area (Å²) < 4.78 is 11.4. The number of benzene rings is 2. The van der Waals surface area contributed by atoms with E-state index in [1.807, 2.05) is 49.4 Å². The number of carbonyl (C=O) groups excluding carboxylic acids is 1. The van der Waals surface area contributed by atoms with Crippen molar-refractivity contribution < 1.29 is 14.3 Å². The van der Waals surface area contributed by atoms with E-state index >= 15 is 0 Å². The van der Waals surface area contributed by atoms with E-state index in [0.717, 1.165) is 16.1 Å². The second-order valence-corrected chi connectivity index (χ2v) is 7.49. The van der Waals surface area contributed by atoms with Gasteiger partial charge in [0.15, 0.2) is 22.8 Å². The lowest BCUT2D eigenvalue weighted by atomic mass is 10.1. The number of para-hydroxylation sites is 2. The van der Waals surface area contributed by atoms with E-state index in [9.17, 15) is 4.79 Å². The van der Waals surface area contributed by atoms with Gasteiger partial charge < -0.3 is 9.47 Å². The zero-order valence-electron chi connectivity index (χ0n) is 16.8. The SMILES string of the molecule is C=CCSC1=NN2C(=c3ccccc3=NC2c2cccc(OCC)c2OC)C(=O)N1. The van der Waals surface area contributed by atoms with Crippen LogP contribution in [0.5, 0.6) is 11.5 Å². The van der Waals surface area contributed by atoms with Crippen LogP contribution in [0.15, 0.2) is 65.2 Å². The van der Waals surface area contributed by atoms with Crippen LogP contribution in [-0.2, 0) is 4.79 Å². The Morgan fingerprint density at radius 3 is 2.87 bits per heavy atom. The number of amides is 1. The van der Waals surface area contributed by atoms with Crippen LogP contribution in [0.3, 0.4) is 0 Å². The molecule has 1 atom stereocenters. The number of methoxy groups -OCH3 is 1. The van der Waals surface area contributed by atoms with Gasteiger partial charge in [0, 0.05) is 16.5 Å². The van der Waals surface area contributed by atoms with E-state index in [-0.39, 0.29) is 5.91 Å². The molecule has 0 aromatic heterocycles. The summed E-state index contributed by atoms with van der Waals surface area (Å²) in [7, 11) is 1.60. The molecule has 2 heterocycles. The average Bonchev–Trinajstić information content (AvgIpc) is 2.77. The molecule has 2 aromatic carbocycles. The lowest BCUT2D eigenvalue weighted by Gasteiger charge is -2.34. The van der Waals surface area contributed by atoms with Crippen molar-refractivity contribution in [3.05, 3.63) is 71.3 Å². The Morgan fingerprint density at radius 1 is 1.27 bits per heavy atom. The minimum absolute atomic E-state index is 0.219. The molecular formula is C22H22N4O3S. The van der Waals surface area contributed by atoms with E-state index in [4.69, 9.17) is 19.6 Å². The molecule has 2 aliphatic heterocycles. The molecule has 0 bridgehead atoms. The van der Waals surface area contributed by atoms with Crippen LogP contribution in [0.25, 0.3) is 5.70 Å². The van der Waals surface area contributed by atoms with Gasteiger partial charge in [-0.15, -0.1) is 11.7 Å². The number of hydrogen-bond acceptors (Lipinski definition) is 7. The summed E-state index contributed by atoms with van der Waals surface area (Å²) in [6.45, 7) is 6.16. The standard InChI is InChI=1S/C22H22N4O3S/c1-4-13-30-22-24-21(27)18-14-9-6-7-11-16(14)23-20(26(18)25-22)15-10-8-12-17(29-5-2)19(15)28-3/h4,6-12,20H,1,5,13H2,2-3H3,(H,24,25,27). The van der Waals surface area contributed by atoms with Crippen LogP contribution in [-0.4, -0.2) is 35.6 Å². The van der Waals surface area contributed by atoms with Gasteiger partial charge in [-0.05, 0) is 19.1 Å². The Kier molecular flexibility index (Phi) is 5.76. The summed E-state index contributed by atoms with van der Waals surface area (Å²) >= 11 is 1.40. The minimum Gasteiger partial charge on any atom is -0.492 e. The summed E-state index contributed by atoms with van der Waals surface area (Å²) in [6, 6.07) is 13.2. The Morgan fingerprint density at radius 2 is 2.10 bits per heavy atom. The van der Waals surface area contributed by atoms with Gasteiger partial charge in [0.05, 0.1) is 19.1 Å². The summed E-state index contributed by atoms with van der Waals surface area (Å²) in [6.07, 6.45) is 1.19. The number of nitrogens with one attached hydrogen (secondary N) is 1. The van der Waals surface area contributed by atoms with Crippen molar-refractivity contribution in [2.45, 2.75) is 13.1 Å². The van der Waals surface area contributed by atoms with Gasteiger partial charge in [-0.1, -0.05) is 48.2 Å². The number of nitrogens with zero attached hydrogens (tertiary/aromatic N) is 3. The molecule has 8 heteroatoms. The lowest BCUT2D eigenvalue weighted by molar-refractivity contribution is -0.116. The third-order valence-corrected chi connectivity index (χ3v) is 5.50. The molecule has 154 valence electrons. The fourth-order valence-electron chi connectivity index (χ4n) is 3.46. The summed E-state index contributed by atoms with van der Waals surface area (Å²) in [5.74, 6) is 1.61. The van der Waals surface area contributed by atoms with E-state index in [1.54, 1.807) is 18.2 Å². The number of hydrogen-bond donors (Lipinski definition) is 1. The smallest absolute Gasteiger partial charge is 0.276 e. The van der Waals surface area contributed by atoms with E-state index in [1.165, 1.54) is 11.8 Å². The first kappa shape index (κ1) is 20.0. The molecule has 0 fully saturated rings. The predicted molar refractivity (Wildman–Crippen MR) is 118 cm³/mol. The molecule has 1 unspecified atom stereocenters. The summed E-state index contributed by atoms with van der Waals surface area (Å²) in [5.41, 5.74) is 1.22. The Hall–Kier alpha value is -3.26. The van der Waals surface area contributed by atoms with Gasteiger partial charge in [-0.3, -0.25) is 15.1 Å². The monoisotopic (exact) mass is 422 g/mol. The van der Waals surface area contributed by atoms with Gasteiger partial charge >= 0.3 is 0 Å². The van der Waals surface area contributed by atoms with Crippen molar-refractivity contribution in [1.29, 1.82) is 0 Å². The predicted octanol–water partition coefficient (Wildman–Crippen LogP) is 2.16. The van der Waals surface area contributed by atoms with Crippen LogP contribution < -0.4 is 25.4 Å². The maximum atomic E-state index is 13.1. The second-order valence-electron chi connectivity index (χ2n) is 6.48. The maximum Gasteiger partial charge on any atom is 0.276 e. The van der Waals surface area contributed by atoms with Crippen LogP contribution >= 0.6 is 11.8 Å². The minimum atomic E-state index is -0.573. The number of rotatable bonds is 6. The number of hydrazone groups is 1. The molecule has 0 radical (unpaired) electrons. The zero-order chi connectivity index (χ0) is 21.1. The highest BCUT2D eigenvalue weighted by molar-refractivity contribution is 8.14. The number of fused-ring (bicyclic) bond motifs is 2. The van der Waals surface area contributed by atoms with Gasteiger partial charge in [0.25, 0.3) is 5.91 Å². The number of thioether (sulfide) groups is 1. The van der Waals surface area contributed by atoms with Gasteiger partial charge in [-0.2, -0.15) is 0 Å². The molecule has 0 aliphatic carbocycles. The molecular weight excluding hydrogens is 400 g/mol. The van der Waals surface area contributed by atoms with Crippen LogP contribution in [0.2, 0.25) is 0 Å². The average molecular weight is 423 g/mol. The van der Waals surface area contributed by atoms with Crippen LogP contribution in [0.1, 0.15) is 18.7 Å². The molecule has 2 aromatic rings. The van der Waals surface area contributed by atoms with Crippen LogP contribution in [0, 0.1) is 0 Å². The molecule has 7 nitrogen and oxygen atoms in total. The summed E-state index contributed by atoms with van der Waals surface area (Å²) in [5, 5.41) is 11.2. The molecule has 1 N–H and O–H groups in total. The molecule has 4 rings (SSSR count). The van der Waals surface area contributed by atoms with E-state index < -0.39 is 6.17 Å². The first-order valence-corrected chi connectivity index (χ1v) is 10.6. The Bertz CT molecular complexity index is 1150. The lowest BCUT2D eigenvalue weighted by Crippen LogP contribution is -2.50. The third kappa shape index (κ3) is 3.54. The largest absolute Gasteiger partial charge is 0.492 e. The Labute approximate surface area is 178 Å². The normalized spacial score (nSPS) is 17.2. The number of amidine groups is 1. The third-order valence-electron chi connectivity index (χ3n) is 4.64. The number of carbonyl (C=O) groups is 1. The van der Waals surface area contributed by atoms with E-state index in [2.05, 4.69) is 11.9 Å². The van der Waals surface area contributed by atoms with Gasteiger partial charge in [0.1, 0.15) is 5.70 Å². The molecule has 0 saturated carbocycles. The fourth-order valence-corrected chi connectivity index (χ4v) is 4.04. The highest BCUT2D eigenvalue weighted by Crippen LogP contribution is 2.40. The topological polar surface area (TPSA) is 75.5 Å². The fraction of sp³-hybridized carbons (Fsp3) is 0.227. The highest BCUT2D eigenvalue weighted by atomic mass is 32.2. The van der Waals surface area contributed by atoms with Crippen molar-refractivity contribution >= 4 is 28.5 Å². The molecule has 2 aliphatic rings. The second kappa shape index (κ2) is 8.62. The van der Waals surface area contributed by atoms with Crippen molar-refractivity contribution in [3.8, 4) is 11.5 Å². The summed E-state index contributed by atoms with van der Waals surface area (Å²) in [4.78, 5) is 18.0. The highest BCUT2D eigenvalue weighted by Gasteiger charge is 2.36. The maximum absolute atomic E-state index is 13.1. The molecule has 0 saturated heterocycles.